The molecule has 0 bridgehead atoms. The lowest BCUT2D eigenvalue weighted by Crippen LogP contribution is -2.18. The number of nitrogens with one attached hydrogen (secondary N) is 2. The maximum Gasteiger partial charge on any atom is 0.421 e. The van der Waals surface area contributed by atoms with Gasteiger partial charge in [0.25, 0.3) is 5.91 Å². The largest absolute Gasteiger partial charge is 0.421 e. The van der Waals surface area contributed by atoms with E-state index in [4.69, 9.17) is 9.63 Å². The topological polar surface area (TPSA) is 155 Å². The van der Waals surface area contributed by atoms with Crippen molar-refractivity contribution in [1.82, 2.24) is 24.6 Å². The highest BCUT2D eigenvalue weighted by Gasteiger charge is 2.37. The number of benzene rings is 2. The quantitative estimate of drug-likeness (QED) is 0.145. The minimum Gasteiger partial charge on any atom is -0.396 e. The lowest BCUT2D eigenvalue weighted by Gasteiger charge is -2.17. The highest BCUT2D eigenvalue weighted by atomic mass is 31.2. The predicted molar refractivity (Wildman–Crippen MR) is 160 cm³/mol. The third kappa shape index (κ3) is 7.34. The van der Waals surface area contributed by atoms with E-state index in [0.29, 0.717) is 41.5 Å². The molecule has 238 valence electrons. The summed E-state index contributed by atoms with van der Waals surface area (Å²) in [5.74, 6) is -1.06. The number of aliphatic hydroxyl groups excluding tert-OH is 1. The van der Waals surface area contributed by atoms with E-state index in [1.54, 1.807) is 61.4 Å². The van der Waals surface area contributed by atoms with E-state index in [-0.39, 0.29) is 49.0 Å². The fraction of sp³-hybridized carbons (Fsp3) is 0.310. The minimum absolute atomic E-state index is 0.0143. The summed E-state index contributed by atoms with van der Waals surface area (Å²) in [6, 6.07) is 9.55. The summed E-state index contributed by atoms with van der Waals surface area (Å²) < 4.78 is 60.7. The molecule has 0 aliphatic carbocycles. The number of aliphatic hydroxyl groups is 1. The Morgan fingerprint density at radius 1 is 1.11 bits per heavy atom. The highest BCUT2D eigenvalue weighted by Crippen LogP contribution is 2.45. The van der Waals surface area contributed by atoms with Gasteiger partial charge in [-0.2, -0.15) is 23.3 Å². The Bertz CT molecular complexity index is 1750. The molecule has 1 atom stereocenters. The number of carbonyl (C=O) groups excluding carboxylic acids is 1. The Morgan fingerprint density at radius 2 is 1.87 bits per heavy atom. The first kappa shape index (κ1) is 32.1. The van der Waals surface area contributed by atoms with Crippen LogP contribution in [0.5, 0.6) is 0 Å². The van der Waals surface area contributed by atoms with Crippen LogP contribution in [0.1, 0.15) is 40.4 Å². The second kappa shape index (κ2) is 13.0. The maximum atomic E-state index is 14.0. The summed E-state index contributed by atoms with van der Waals surface area (Å²) in [4.78, 5) is 32.5. The Kier molecular flexibility index (Phi) is 9.26. The van der Waals surface area contributed by atoms with Crippen molar-refractivity contribution in [3.63, 3.8) is 0 Å². The summed E-state index contributed by atoms with van der Waals surface area (Å²) in [5, 5.41) is 19.0. The van der Waals surface area contributed by atoms with Crippen molar-refractivity contribution in [1.29, 1.82) is 0 Å². The summed E-state index contributed by atoms with van der Waals surface area (Å²) in [6.45, 7) is 2.46. The first-order valence-electron chi connectivity index (χ1n) is 14.0. The molecule has 0 radical (unpaired) electrons. The van der Waals surface area contributed by atoms with Crippen molar-refractivity contribution >= 4 is 36.6 Å². The zero-order valence-corrected chi connectivity index (χ0v) is 25.3. The number of carbonyl (C=O) groups is 1. The van der Waals surface area contributed by atoms with Gasteiger partial charge in [-0.25, -0.2) is 4.98 Å². The van der Waals surface area contributed by atoms with Crippen LogP contribution in [0, 0.1) is 0 Å². The zero-order valence-electron chi connectivity index (χ0n) is 24.4. The molecule has 4 aromatic rings. The van der Waals surface area contributed by atoms with Gasteiger partial charge in [-0.3, -0.25) is 14.0 Å². The van der Waals surface area contributed by atoms with E-state index < -0.39 is 25.2 Å². The number of alkyl halides is 3. The molecule has 4 N–H and O–H groups in total. The smallest absolute Gasteiger partial charge is 0.396 e. The number of halogens is 3. The fourth-order valence-electron chi connectivity index (χ4n) is 4.96. The molecule has 1 aliphatic rings. The highest BCUT2D eigenvalue weighted by molar-refractivity contribution is 7.51. The molecule has 1 unspecified atom stereocenters. The van der Waals surface area contributed by atoms with Gasteiger partial charge in [0.15, 0.2) is 0 Å². The number of aryl methyl sites for hydroxylation is 1. The molecule has 45 heavy (non-hydrogen) atoms. The molecule has 5 rings (SSSR count). The number of amides is 1. The van der Waals surface area contributed by atoms with E-state index in [9.17, 15) is 27.4 Å². The number of aromatic nitrogens is 4. The van der Waals surface area contributed by atoms with Crippen molar-refractivity contribution in [2.75, 3.05) is 30.9 Å². The van der Waals surface area contributed by atoms with Gasteiger partial charge >= 0.3 is 13.8 Å². The summed E-state index contributed by atoms with van der Waals surface area (Å²) in [7, 11) is -2.19. The molecular weight excluding hydrogens is 614 g/mol. The lowest BCUT2D eigenvalue weighted by atomic mass is 9.97. The standard InChI is InChI=1S/C29H31F3N7O5P/c1-3-44-45(42,43)17-18-5-7-20(8-6-18)35-28-33-14-23(29(30,31)32)26(37-28)36-24-10-9-21(22-16-38(2)27(41)25(22)24)19-13-34-39(15-19)11-4-12-40/h5-10,13-15,40H,3-4,11-12,16-17H2,1-2H3,(H,42,43)(H2,33,35,36,37). The first-order valence-corrected chi connectivity index (χ1v) is 15.7. The number of anilines is 4. The maximum absolute atomic E-state index is 14.0. The molecule has 2 aromatic carbocycles. The number of nitrogens with zero attached hydrogens (tertiary/aromatic N) is 5. The van der Waals surface area contributed by atoms with Crippen LogP contribution in [0.25, 0.3) is 11.1 Å². The Morgan fingerprint density at radius 3 is 2.56 bits per heavy atom. The van der Waals surface area contributed by atoms with E-state index in [2.05, 4.69) is 25.7 Å². The van der Waals surface area contributed by atoms with Gasteiger partial charge in [-0.1, -0.05) is 18.2 Å². The molecule has 1 aliphatic heterocycles. The van der Waals surface area contributed by atoms with Crippen LogP contribution in [0.15, 0.2) is 55.0 Å². The van der Waals surface area contributed by atoms with Gasteiger partial charge in [0, 0.05) is 50.4 Å². The van der Waals surface area contributed by atoms with Crippen LogP contribution in [0.4, 0.5) is 36.3 Å². The van der Waals surface area contributed by atoms with E-state index in [1.165, 1.54) is 11.0 Å². The monoisotopic (exact) mass is 645 g/mol. The third-order valence-electron chi connectivity index (χ3n) is 7.03. The Hall–Kier alpha value is -4.30. The molecule has 12 nitrogen and oxygen atoms in total. The normalized spacial score (nSPS) is 14.4. The van der Waals surface area contributed by atoms with Gasteiger partial charge in [0.05, 0.1) is 30.2 Å². The molecule has 16 heteroatoms. The van der Waals surface area contributed by atoms with Crippen LogP contribution < -0.4 is 10.6 Å². The predicted octanol–water partition coefficient (Wildman–Crippen LogP) is 5.54. The van der Waals surface area contributed by atoms with Crippen LogP contribution in [0.2, 0.25) is 0 Å². The number of rotatable bonds is 12. The number of hydrogen-bond donors (Lipinski definition) is 4. The SMILES string of the molecule is CCOP(=O)(O)Cc1ccc(Nc2ncc(C(F)(F)F)c(Nc3ccc(-c4cnn(CCCO)c4)c4c3C(=O)N(C)C4)n2)cc1. The van der Waals surface area contributed by atoms with Crippen molar-refractivity contribution in [2.45, 2.75) is 38.8 Å². The van der Waals surface area contributed by atoms with Crippen LogP contribution >= 0.6 is 7.60 Å². The molecule has 1 amide bonds. The number of fused-ring (bicyclic) bond motifs is 1. The summed E-state index contributed by atoms with van der Waals surface area (Å²) >= 11 is 0. The molecule has 0 fully saturated rings. The van der Waals surface area contributed by atoms with Crippen LogP contribution in [-0.2, 0) is 34.5 Å². The number of hydrogen-bond acceptors (Lipinski definition) is 9. The first-order chi connectivity index (χ1) is 21.4. The zero-order chi connectivity index (χ0) is 32.4. The van der Waals surface area contributed by atoms with E-state index >= 15 is 0 Å². The van der Waals surface area contributed by atoms with Crippen molar-refractivity contribution < 1.29 is 37.1 Å². The summed E-state index contributed by atoms with van der Waals surface area (Å²) in [6.07, 6.45) is -0.392. The second-order valence-electron chi connectivity index (χ2n) is 10.4. The lowest BCUT2D eigenvalue weighted by molar-refractivity contribution is -0.137. The van der Waals surface area contributed by atoms with Crippen molar-refractivity contribution in [3.8, 4) is 11.1 Å². The van der Waals surface area contributed by atoms with Gasteiger partial charge in [-0.15, -0.1) is 0 Å². The van der Waals surface area contributed by atoms with Crippen molar-refractivity contribution in [2.24, 2.45) is 0 Å². The average molecular weight is 646 g/mol. The van der Waals surface area contributed by atoms with Gasteiger partial charge in [-0.05, 0) is 48.2 Å². The molecular formula is C29H31F3N7O5P. The Balaban J connectivity index is 1.45. The average Bonchev–Trinajstić information content (AvgIpc) is 3.56. The van der Waals surface area contributed by atoms with E-state index in [0.717, 1.165) is 5.56 Å². The Labute approximate surface area is 256 Å². The fourth-order valence-corrected chi connectivity index (χ4v) is 6.13. The van der Waals surface area contributed by atoms with Crippen molar-refractivity contribution in [3.05, 3.63) is 77.2 Å². The minimum atomic E-state index is -4.80. The molecule has 2 aromatic heterocycles. The van der Waals surface area contributed by atoms with Gasteiger partial charge in [0.1, 0.15) is 11.4 Å². The van der Waals surface area contributed by atoms with Gasteiger partial charge < -0.3 is 30.1 Å². The summed E-state index contributed by atoms with van der Waals surface area (Å²) in [5.41, 5.74) is 2.28. The molecule has 3 heterocycles. The van der Waals surface area contributed by atoms with Crippen LogP contribution in [-0.4, -0.2) is 60.8 Å². The molecule has 0 saturated carbocycles. The molecule has 0 spiro atoms. The third-order valence-corrected chi connectivity index (χ3v) is 8.46. The molecule has 0 saturated heterocycles. The van der Waals surface area contributed by atoms with Gasteiger partial charge in [0.2, 0.25) is 5.95 Å². The van der Waals surface area contributed by atoms with E-state index in [1.807, 2.05) is 0 Å². The van der Waals surface area contributed by atoms with Crippen LogP contribution in [0.3, 0.4) is 0 Å². The second-order valence-corrected chi connectivity index (χ2v) is 12.2.